The molecule has 0 heterocycles. The quantitative estimate of drug-likeness (QED) is 0.232. The first-order valence-corrected chi connectivity index (χ1v) is 17.0. The van der Waals surface area contributed by atoms with Crippen LogP contribution < -0.4 is 14.4 Å². The molecule has 0 aromatic heterocycles. The summed E-state index contributed by atoms with van der Waals surface area (Å²) in [6, 6.07) is 17.0. The van der Waals surface area contributed by atoms with Gasteiger partial charge in [0.15, 0.2) is 0 Å². The van der Waals surface area contributed by atoms with Crippen molar-refractivity contribution in [3.05, 3.63) is 87.9 Å². The number of nitrogens with zero attached hydrogens (tertiary/aromatic N) is 2. The SMILES string of the molecule is CC[C@@H](C(=O)NC1CCCCC1)N(Cc1ccc(Cl)cc1Cl)C(=O)CN(c1ccc(OC)cc1)S(=O)(=O)c1ccc(C)cc1. The van der Waals surface area contributed by atoms with Gasteiger partial charge in [-0.1, -0.05) is 73.2 Å². The number of carbonyl (C=O) groups excluding carboxylic acids is 2. The van der Waals surface area contributed by atoms with E-state index in [9.17, 15) is 18.0 Å². The van der Waals surface area contributed by atoms with Gasteiger partial charge < -0.3 is 15.0 Å². The summed E-state index contributed by atoms with van der Waals surface area (Å²) >= 11 is 12.6. The van der Waals surface area contributed by atoms with E-state index in [4.69, 9.17) is 27.9 Å². The maximum atomic E-state index is 14.3. The largest absolute Gasteiger partial charge is 0.497 e. The van der Waals surface area contributed by atoms with Crippen molar-refractivity contribution in [1.82, 2.24) is 10.2 Å². The number of anilines is 1. The van der Waals surface area contributed by atoms with Crippen LogP contribution in [-0.4, -0.2) is 50.9 Å². The maximum absolute atomic E-state index is 14.3. The topological polar surface area (TPSA) is 96.0 Å². The molecule has 1 fully saturated rings. The van der Waals surface area contributed by atoms with E-state index >= 15 is 0 Å². The zero-order chi connectivity index (χ0) is 31.9. The average molecular weight is 661 g/mol. The molecular formula is C33H39Cl2N3O5S. The van der Waals surface area contributed by atoms with Crippen molar-refractivity contribution in [2.75, 3.05) is 18.0 Å². The minimum absolute atomic E-state index is 0.00748. The summed E-state index contributed by atoms with van der Waals surface area (Å²) in [5, 5.41) is 3.92. The molecule has 4 rings (SSSR count). The maximum Gasteiger partial charge on any atom is 0.264 e. The third kappa shape index (κ3) is 8.25. The molecule has 3 aromatic carbocycles. The van der Waals surface area contributed by atoms with Crippen molar-refractivity contribution in [2.24, 2.45) is 0 Å². The molecule has 3 aromatic rings. The molecule has 0 unspecified atom stereocenters. The number of sulfonamides is 1. The zero-order valence-electron chi connectivity index (χ0n) is 25.3. The minimum Gasteiger partial charge on any atom is -0.497 e. The Morgan fingerprint density at radius 1 is 0.977 bits per heavy atom. The fraction of sp³-hybridized carbons (Fsp3) is 0.394. The number of ether oxygens (including phenoxy) is 1. The van der Waals surface area contributed by atoms with Gasteiger partial charge in [0, 0.05) is 22.6 Å². The van der Waals surface area contributed by atoms with Crippen molar-refractivity contribution in [3.63, 3.8) is 0 Å². The van der Waals surface area contributed by atoms with Gasteiger partial charge >= 0.3 is 0 Å². The van der Waals surface area contributed by atoms with E-state index in [1.54, 1.807) is 54.6 Å². The van der Waals surface area contributed by atoms with Crippen LogP contribution in [0.15, 0.2) is 71.6 Å². The van der Waals surface area contributed by atoms with Gasteiger partial charge in [0.05, 0.1) is 17.7 Å². The third-order valence-electron chi connectivity index (χ3n) is 7.94. The first-order valence-electron chi connectivity index (χ1n) is 14.8. The van der Waals surface area contributed by atoms with Gasteiger partial charge in [-0.3, -0.25) is 13.9 Å². The number of amides is 2. The second-order valence-electron chi connectivity index (χ2n) is 11.0. The Balaban J connectivity index is 1.73. The summed E-state index contributed by atoms with van der Waals surface area (Å²) in [7, 11) is -2.66. The first-order chi connectivity index (χ1) is 21.0. The molecule has 1 saturated carbocycles. The summed E-state index contributed by atoms with van der Waals surface area (Å²) in [5.74, 6) is -0.277. The lowest BCUT2D eigenvalue weighted by atomic mass is 9.95. The number of halogens is 2. The number of benzene rings is 3. The lowest BCUT2D eigenvalue weighted by Gasteiger charge is -2.34. The summed E-state index contributed by atoms with van der Waals surface area (Å²) in [5.41, 5.74) is 1.77. The Labute approximate surface area is 270 Å². The highest BCUT2D eigenvalue weighted by Crippen LogP contribution is 2.28. The van der Waals surface area contributed by atoms with Crippen molar-refractivity contribution in [3.8, 4) is 5.75 Å². The van der Waals surface area contributed by atoms with Crippen LogP contribution in [0.5, 0.6) is 5.75 Å². The molecule has 1 N–H and O–H groups in total. The summed E-state index contributed by atoms with van der Waals surface area (Å²) in [4.78, 5) is 29.5. The monoisotopic (exact) mass is 659 g/mol. The van der Waals surface area contributed by atoms with Crippen LogP contribution in [0.3, 0.4) is 0 Å². The molecule has 2 amide bonds. The molecule has 0 aliphatic heterocycles. The van der Waals surface area contributed by atoms with Crippen LogP contribution in [0.2, 0.25) is 10.0 Å². The molecule has 236 valence electrons. The Morgan fingerprint density at radius 3 is 2.23 bits per heavy atom. The predicted molar refractivity (Wildman–Crippen MR) is 175 cm³/mol. The molecular weight excluding hydrogens is 621 g/mol. The number of methoxy groups -OCH3 is 1. The van der Waals surface area contributed by atoms with E-state index in [0.29, 0.717) is 27.8 Å². The molecule has 1 aliphatic carbocycles. The normalized spacial score (nSPS) is 14.5. The molecule has 0 radical (unpaired) electrons. The van der Waals surface area contributed by atoms with E-state index < -0.39 is 28.5 Å². The van der Waals surface area contributed by atoms with Gasteiger partial charge in [-0.05, 0) is 80.3 Å². The lowest BCUT2D eigenvalue weighted by molar-refractivity contribution is -0.140. The van der Waals surface area contributed by atoms with Crippen LogP contribution in [0.25, 0.3) is 0 Å². The fourth-order valence-corrected chi connectivity index (χ4v) is 7.29. The molecule has 8 nitrogen and oxygen atoms in total. The van der Waals surface area contributed by atoms with Gasteiger partial charge in [0.1, 0.15) is 18.3 Å². The Morgan fingerprint density at radius 2 is 1.64 bits per heavy atom. The van der Waals surface area contributed by atoms with Crippen LogP contribution >= 0.6 is 23.2 Å². The van der Waals surface area contributed by atoms with Crippen LogP contribution in [0.1, 0.15) is 56.6 Å². The van der Waals surface area contributed by atoms with Gasteiger partial charge in [0.2, 0.25) is 11.8 Å². The van der Waals surface area contributed by atoms with Gasteiger partial charge in [-0.25, -0.2) is 8.42 Å². The standard InChI is InChI=1S/C33H39Cl2N3O5S/c1-4-31(33(40)36-26-8-6-5-7-9-26)37(21-24-12-13-25(34)20-30(24)35)32(39)22-38(27-14-16-28(43-3)17-15-27)44(41,42)29-18-10-23(2)11-19-29/h10-20,26,31H,4-9,21-22H2,1-3H3,(H,36,40)/t31-/m0/s1. The van der Waals surface area contributed by atoms with Crippen molar-refractivity contribution in [2.45, 2.75) is 75.9 Å². The van der Waals surface area contributed by atoms with Crippen LogP contribution in [-0.2, 0) is 26.2 Å². The minimum atomic E-state index is -4.18. The number of rotatable bonds is 12. The number of hydrogen-bond donors (Lipinski definition) is 1. The number of aryl methyl sites for hydroxylation is 1. The fourth-order valence-electron chi connectivity index (χ4n) is 5.41. The van der Waals surface area contributed by atoms with E-state index in [-0.39, 0.29) is 29.1 Å². The highest BCUT2D eigenvalue weighted by atomic mass is 35.5. The smallest absolute Gasteiger partial charge is 0.264 e. The average Bonchev–Trinajstić information content (AvgIpc) is 3.01. The summed E-state index contributed by atoms with van der Waals surface area (Å²) < 4.78 is 34.4. The number of carbonyl (C=O) groups is 2. The van der Waals surface area contributed by atoms with E-state index in [2.05, 4.69) is 5.32 Å². The Bertz CT molecular complexity index is 1540. The molecule has 0 spiro atoms. The third-order valence-corrected chi connectivity index (χ3v) is 10.3. The summed E-state index contributed by atoms with van der Waals surface area (Å²) in [6.45, 7) is 3.15. The van der Waals surface area contributed by atoms with Crippen molar-refractivity contribution < 1.29 is 22.7 Å². The van der Waals surface area contributed by atoms with Crippen LogP contribution in [0.4, 0.5) is 5.69 Å². The van der Waals surface area contributed by atoms with Crippen molar-refractivity contribution >= 4 is 50.7 Å². The van der Waals surface area contributed by atoms with Crippen molar-refractivity contribution in [1.29, 1.82) is 0 Å². The van der Waals surface area contributed by atoms with E-state index in [0.717, 1.165) is 42.0 Å². The van der Waals surface area contributed by atoms with E-state index in [1.807, 2.05) is 13.8 Å². The highest BCUT2D eigenvalue weighted by Gasteiger charge is 2.34. The Hall–Kier alpha value is -3.27. The van der Waals surface area contributed by atoms with Gasteiger partial charge in [0.25, 0.3) is 10.0 Å². The number of nitrogens with one attached hydrogen (secondary N) is 1. The summed E-state index contributed by atoms with van der Waals surface area (Å²) in [6.07, 6.45) is 5.32. The molecule has 1 aliphatic rings. The predicted octanol–water partition coefficient (Wildman–Crippen LogP) is 6.76. The molecule has 11 heteroatoms. The van der Waals surface area contributed by atoms with Gasteiger partial charge in [-0.15, -0.1) is 0 Å². The van der Waals surface area contributed by atoms with Gasteiger partial charge in [-0.2, -0.15) is 0 Å². The second kappa shape index (κ2) is 15.1. The molecule has 0 bridgehead atoms. The first kappa shape index (κ1) is 33.6. The number of hydrogen-bond acceptors (Lipinski definition) is 5. The molecule has 1 atom stereocenters. The molecule has 0 saturated heterocycles. The highest BCUT2D eigenvalue weighted by molar-refractivity contribution is 7.92. The van der Waals surface area contributed by atoms with E-state index in [1.165, 1.54) is 24.1 Å². The Kier molecular flexibility index (Phi) is 11.6. The second-order valence-corrected chi connectivity index (χ2v) is 13.8. The lowest BCUT2D eigenvalue weighted by Crippen LogP contribution is -2.54. The van der Waals surface area contributed by atoms with Crippen LogP contribution in [0, 0.1) is 6.92 Å². The molecule has 44 heavy (non-hydrogen) atoms. The zero-order valence-corrected chi connectivity index (χ0v) is 27.6.